The van der Waals surface area contributed by atoms with Crippen LogP contribution < -0.4 is 10.2 Å². The second-order valence-corrected chi connectivity index (χ2v) is 10.7. The predicted octanol–water partition coefficient (Wildman–Crippen LogP) is 4.48. The van der Waals surface area contributed by atoms with E-state index in [1.807, 2.05) is 23.1 Å². The Labute approximate surface area is 221 Å². The van der Waals surface area contributed by atoms with Gasteiger partial charge in [0.1, 0.15) is 5.82 Å². The summed E-state index contributed by atoms with van der Waals surface area (Å²) in [6, 6.07) is 10.8. The fourth-order valence-corrected chi connectivity index (χ4v) is 5.60. The van der Waals surface area contributed by atoms with Crippen LogP contribution in [0, 0.1) is 11.7 Å². The summed E-state index contributed by atoms with van der Waals surface area (Å²) in [5.74, 6) is -1.59. The van der Waals surface area contributed by atoms with Crippen molar-refractivity contribution in [3.63, 3.8) is 0 Å². The molecule has 0 radical (unpaired) electrons. The number of hydrogen-bond donors (Lipinski definition) is 1. The van der Waals surface area contributed by atoms with E-state index in [1.165, 1.54) is 11.6 Å². The number of anilines is 3. The number of hydrogen-bond acceptors (Lipinski definition) is 5. The summed E-state index contributed by atoms with van der Waals surface area (Å²) < 4.78 is 53.7. The predicted molar refractivity (Wildman–Crippen MR) is 140 cm³/mol. The Morgan fingerprint density at radius 3 is 2.29 bits per heavy atom. The van der Waals surface area contributed by atoms with Gasteiger partial charge >= 0.3 is 6.18 Å². The number of rotatable bonds is 5. The number of nitrogens with one attached hydrogen (secondary N) is 1. The number of piperazine rings is 1. The van der Waals surface area contributed by atoms with E-state index in [-0.39, 0.29) is 31.8 Å². The van der Waals surface area contributed by atoms with Crippen LogP contribution in [0.25, 0.3) is 0 Å². The summed E-state index contributed by atoms with van der Waals surface area (Å²) in [6.07, 6.45) is -3.46. The van der Waals surface area contributed by atoms with Crippen LogP contribution in [0.5, 0.6) is 0 Å². The lowest BCUT2D eigenvalue weighted by Gasteiger charge is -2.35. The minimum Gasteiger partial charge on any atom is -0.369 e. The Morgan fingerprint density at radius 1 is 0.921 bits per heavy atom. The van der Waals surface area contributed by atoms with E-state index in [9.17, 15) is 22.4 Å². The summed E-state index contributed by atoms with van der Waals surface area (Å²) >= 11 is 0. The minimum atomic E-state index is -4.19. The third kappa shape index (κ3) is 6.23. The molecule has 0 aliphatic carbocycles. The highest BCUT2D eigenvalue weighted by molar-refractivity contribution is 5.78. The minimum absolute atomic E-state index is 0.0169. The lowest BCUT2D eigenvalue weighted by atomic mass is 9.96. The number of carbonyl (C=O) groups excluding carboxylic acids is 1. The molecule has 10 heteroatoms. The van der Waals surface area contributed by atoms with Gasteiger partial charge in [0.15, 0.2) is 0 Å². The molecule has 2 aromatic rings. The monoisotopic (exact) mass is 533 g/mol. The molecule has 206 valence electrons. The number of benzene rings is 2. The largest absolute Gasteiger partial charge is 0.391 e. The van der Waals surface area contributed by atoms with Gasteiger partial charge in [0.25, 0.3) is 0 Å². The maximum absolute atomic E-state index is 14.9. The third-order valence-electron chi connectivity index (χ3n) is 8.06. The summed E-state index contributed by atoms with van der Waals surface area (Å²) in [5.41, 5.74) is 4.04. The Morgan fingerprint density at radius 2 is 1.61 bits per heavy atom. The molecule has 0 saturated carbocycles. The van der Waals surface area contributed by atoms with Crippen molar-refractivity contribution in [2.75, 3.05) is 69.6 Å². The lowest BCUT2D eigenvalue weighted by molar-refractivity contribution is -0.179. The standard InChI is InChI=1S/C28H35F4N5O/c1-34-12-14-35(15-13-34)19-27(38)37-9-6-20-16-23(3-2-21(20)18-37)33-24-4-5-26(25(29)17-24)36-10-7-22(8-11-36)28(30,31)32/h2-5,16-17,22,33H,6-15,18-19H2,1H3. The maximum atomic E-state index is 14.9. The topological polar surface area (TPSA) is 42.1 Å². The number of halogens is 4. The fraction of sp³-hybridized carbons (Fsp3) is 0.536. The molecular weight excluding hydrogens is 498 g/mol. The van der Waals surface area contributed by atoms with Gasteiger partial charge in [-0.1, -0.05) is 6.07 Å². The molecule has 0 spiro atoms. The van der Waals surface area contributed by atoms with Gasteiger partial charge < -0.3 is 20.0 Å². The van der Waals surface area contributed by atoms with Gasteiger partial charge in [0.2, 0.25) is 5.91 Å². The molecule has 3 aliphatic rings. The van der Waals surface area contributed by atoms with Crippen molar-refractivity contribution in [3.8, 4) is 0 Å². The fourth-order valence-electron chi connectivity index (χ4n) is 5.60. The number of likely N-dealkylation sites (N-methyl/N-ethyl adjacent to an activating group) is 1. The molecule has 2 aromatic carbocycles. The van der Waals surface area contributed by atoms with Gasteiger partial charge in [-0.2, -0.15) is 13.2 Å². The molecule has 3 heterocycles. The van der Waals surface area contributed by atoms with E-state index in [2.05, 4.69) is 22.2 Å². The third-order valence-corrected chi connectivity index (χ3v) is 8.06. The molecule has 3 aliphatic heterocycles. The van der Waals surface area contributed by atoms with E-state index in [1.54, 1.807) is 17.0 Å². The smallest absolute Gasteiger partial charge is 0.369 e. The molecule has 0 atom stereocenters. The van der Waals surface area contributed by atoms with Crippen LogP contribution >= 0.6 is 0 Å². The molecule has 0 aromatic heterocycles. The number of carbonyl (C=O) groups is 1. The van der Waals surface area contributed by atoms with Crippen LogP contribution in [-0.2, 0) is 17.8 Å². The second-order valence-electron chi connectivity index (χ2n) is 10.7. The number of nitrogens with zero attached hydrogens (tertiary/aromatic N) is 4. The van der Waals surface area contributed by atoms with Gasteiger partial charge in [-0.15, -0.1) is 0 Å². The number of alkyl halides is 3. The van der Waals surface area contributed by atoms with Crippen molar-refractivity contribution in [1.29, 1.82) is 0 Å². The summed E-state index contributed by atoms with van der Waals surface area (Å²) in [6.45, 7) is 5.91. The van der Waals surface area contributed by atoms with E-state index in [0.29, 0.717) is 31.0 Å². The van der Waals surface area contributed by atoms with E-state index in [0.717, 1.165) is 43.9 Å². The molecule has 1 amide bonds. The molecule has 0 bridgehead atoms. The Bertz CT molecular complexity index is 1140. The normalized spacial score (nSPS) is 19.9. The SMILES string of the molecule is CN1CCN(CC(=O)N2CCc3cc(Nc4ccc(N5CCC(C(F)(F)F)CC5)c(F)c4)ccc3C2)CC1. The first kappa shape index (κ1) is 26.7. The summed E-state index contributed by atoms with van der Waals surface area (Å²) in [7, 11) is 2.10. The number of amides is 1. The molecule has 0 unspecified atom stereocenters. The Kier molecular flexibility index (Phi) is 7.81. The van der Waals surface area contributed by atoms with Crippen LogP contribution in [0.3, 0.4) is 0 Å². The summed E-state index contributed by atoms with van der Waals surface area (Å²) in [4.78, 5) is 21.0. The van der Waals surface area contributed by atoms with E-state index >= 15 is 0 Å². The first-order valence-electron chi connectivity index (χ1n) is 13.3. The maximum Gasteiger partial charge on any atom is 0.391 e. The lowest BCUT2D eigenvalue weighted by Crippen LogP contribution is -2.49. The van der Waals surface area contributed by atoms with Crippen molar-refractivity contribution in [1.82, 2.24) is 14.7 Å². The zero-order valence-corrected chi connectivity index (χ0v) is 21.7. The van der Waals surface area contributed by atoms with Crippen molar-refractivity contribution in [2.24, 2.45) is 5.92 Å². The molecule has 5 rings (SSSR count). The molecular formula is C28H35F4N5O. The van der Waals surface area contributed by atoms with Crippen LogP contribution in [-0.4, -0.2) is 86.2 Å². The van der Waals surface area contributed by atoms with Gasteiger partial charge in [-0.3, -0.25) is 9.69 Å². The first-order chi connectivity index (χ1) is 18.2. The van der Waals surface area contributed by atoms with Crippen LogP contribution in [0.1, 0.15) is 24.0 Å². The average Bonchev–Trinajstić information content (AvgIpc) is 2.89. The molecule has 2 saturated heterocycles. The first-order valence-corrected chi connectivity index (χ1v) is 13.3. The molecule has 1 N–H and O–H groups in total. The Hall–Kier alpha value is -2.85. The van der Waals surface area contributed by atoms with E-state index in [4.69, 9.17) is 0 Å². The highest BCUT2D eigenvalue weighted by atomic mass is 19.4. The van der Waals surface area contributed by atoms with Crippen LogP contribution in [0.4, 0.5) is 34.6 Å². The average molecular weight is 534 g/mol. The molecule has 38 heavy (non-hydrogen) atoms. The van der Waals surface area contributed by atoms with Crippen molar-refractivity contribution < 1.29 is 22.4 Å². The van der Waals surface area contributed by atoms with Crippen molar-refractivity contribution >= 4 is 23.0 Å². The molecule has 2 fully saturated rings. The number of fused-ring (bicyclic) bond motifs is 1. The van der Waals surface area contributed by atoms with Gasteiger partial charge in [0.05, 0.1) is 18.2 Å². The quantitative estimate of drug-likeness (QED) is 0.575. The number of piperidine rings is 1. The highest BCUT2D eigenvalue weighted by Crippen LogP contribution is 2.36. The Balaban J connectivity index is 1.17. The summed E-state index contributed by atoms with van der Waals surface area (Å²) in [5, 5.41) is 3.25. The van der Waals surface area contributed by atoms with Crippen molar-refractivity contribution in [3.05, 3.63) is 53.3 Å². The van der Waals surface area contributed by atoms with Gasteiger partial charge in [0, 0.05) is 63.7 Å². The van der Waals surface area contributed by atoms with Crippen LogP contribution in [0.2, 0.25) is 0 Å². The molecule has 6 nitrogen and oxygen atoms in total. The van der Waals surface area contributed by atoms with E-state index < -0.39 is 17.9 Å². The van der Waals surface area contributed by atoms with Crippen molar-refractivity contribution in [2.45, 2.75) is 32.0 Å². The van der Waals surface area contributed by atoms with Gasteiger partial charge in [-0.25, -0.2) is 4.39 Å². The zero-order valence-electron chi connectivity index (χ0n) is 21.7. The van der Waals surface area contributed by atoms with Gasteiger partial charge in [-0.05, 0) is 67.8 Å². The van der Waals surface area contributed by atoms with Crippen LogP contribution in [0.15, 0.2) is 36.4 Å². The second kappa shape index (κ2) is 11.1. The zero-order chi connectivity index (χ0) is 26.9. The highest BCUT2D eigenvalue weighted by Gasteiger charge is 2.41.